The van der Waals surface area contributed by atoms with E-state index in [1.807, 2.05) is 18.2 Å². The van der Waals surface area contributed by atoms with Crippen LogP contribution in [0.1, 0.15) is 24.4 Å². The van der Waals surface area contributed by atoms with Gasteiger partial charge in [0.2, 0.25) is 5.91 Å². The van der Waals surface area contributed by atoms with E-state index in [4.69, 9.17) is 26.8 Å². The van der Waals surface area contributed by atoms with Crippen molar-refractivity contribution in [2.75, 3.05) is 39.4 Å². The van der Waals surface area contributed by atoms with Crippen LogP contribution in [-0.4, -0.2) is 62.4 Å². The van der Waals surface area contributed by atoms with Gasteiger partial charge in [0.25, 0.3) is 0 Å². The summed E-state index contributed by atoms with van der Waals surface area (Å²) in [4.78, 5) is 14.8. The largest absolute Gasteiger partial charge is 0.379 e. The number of rotatable bonds is 6. The fraction of sp³-hybridized carbons (Fsp3) is 0.611. The molecule has 2 fully saturated rings. The van der Waals surface area contributed by atoms with Crippen molar-refractivity contribution < 1.29 is 14.3 Å². The van der Waals surface area contributed by atoms with Crippen molar-refractivity contribution in [2.24, 2.45) is 5.73 Å². The fourth-order valence-electron chi connectivity index (χ4n) is 3.44. The molecular weight excluding hydrogens is 342 g/mol. The molecule has 2 heterocycles. The minimum absolute atomic E-state index is 0.00119. The van der Waals surface area contributed by atoms with Gasteiger partial charge in [-0.1, -0.05) is 23.7 Å². The summed E-state index contributed by atoms with van der Waals surface area (Å²) in [6.45, 7) is 4.06. The molecule has 1 amide bonds. The molecule has 2 aliphatic heterocycles. The van der Waals surface area contributed by atoms with Gasteiger partial charge in [-0.15, -0.1) is 0 Å². The first-order chi connectivity index (χ1) is 12.2. The Balaban J connectivity index is 1.64. The molecule has 1 unspecified atom stereocenters. The van der Waals surface area contributed by atoms with Crippen LogP contribution in [-0.2, 0) is 14.3 Å². The van der Waals surface area contributed by atoms with E-state index in [1.165, 1.54) is 0 Å². The summed E-state index contributed by atoms with van der Waals surface area (Å²) in [6, 6.07) is 7.88. The van der Waals surface area contributed by atoms with Crippen LogP contribution in [0.25, 0.3) is 0 Å². The zero-order chi connectivity index (χ0) is 17.6. The summed E-state index contributed by atoms with van der Waals surface area (Å²) in [6.07, 6.45) is 1.18. The number of benzene rings is 1. The van der Waals surface area contributed by atoms with Gasteiger partial charge in [-0.05, 0) is 30.5 Å². The van der Waals surface area contributed by atoms with Crippen LogP contribution in [0.2, 0.25) is 5.02 Å². The van der Waals surface area contributed by atoms with Gasteiger partial charge in [-0.2, -0.15) is 0 Å². The van der Waals surface area contributed by atoms with Gasteiger partial charge in [0.05, 0.1) is 25.4 Å². The predicted molar refractivity (Wildman–Crippen MR) is 96.5 cm³/mol. The van der Waals surface area contributed by atoms with Gasteiger partial charge in [0.1, 0.15) is 6.10 Å². The molecule has 0 aliphatic carbocycles. The molecule has 25 heavy (non-hydrogen) atoms. The normalized spacial score (nSPS) is 25.7. The highest BCUT2D eigenvalue weighted by Gasteiger charge is 2.31. The highest BCUT2D eigenvalue weighted by Crippen LogP contribution is 2.24. The van der Waals surface area contributed by atoms with Crippen molar-refractivity contribution in [2.45, 2.75) is 31.1 Å². The number of carbonyl (C=O) groups excluding carboxylic acids is 1. The number of halogens is 1. The standard InChI is InChI=1S/C18H26ClN3O3/c19-14-3-1-2-13(10-14)16(22-6-8-24-9-7-22)12-21-18(23)17-5-4-15(11-20)25-17/h1-3,10,15-17H,4-9,11-12,20H2,(H,21,23)/t15-,16?,17+/m1/s1. The monoisotopic (exact) mass is 367 g/mol. The smallest absolute Gasteiger partial charge is 0.249 e. The Morgan fingerprint density at radius 3 is 2.84 bits per heavy atom. The maximum Gasteiger partial charge on any atom is 0.249 e. The van der Waals surface area contributed by atoms with Crippen molar-refractivity contribution in [3.05, 3.63) is 34.9 Å². The van der Waals surface area contributed by atoms with Gasteiger partial charge in [-0.25, -0.2) is 0 Å². The summed E-state index contributed by atoms with van der Waals surface area (Å²) in [7, 11) is 0. The van der Waals surface area contributed by atoms with Crippen molar-refractivity contribution in [1.82, 2.24) is 10.2 Å². The number of nitrogens with two attached hydrogens (primary N) is 1. The number of nitrogens with one attached hydrogen (secondary N) is 1. The van der Waals surface area contributed by atoms with Crippen LogP contribution in [0.5, 0.6) is 0 Å². The Hall–Kier alpha value is -1.18. The highest BCUT2D eigenvalue weighted by molar-refractivity contribution is 6.30. The number of hydrogen-bond donors (Lipinski definition) is 2. The third-order valence-corrected chi connectivity index (χ3v) is 5.09. The second-order valence-corrected chi connectivity index (χ2v) is 6.96. The Labute approximate surface area is 153 Å². The van der Waals surface area contributed by atoms with Crippen LogP contribution >= 0.6 is 11.6 Å². The third kappa shape index (κ3) is 4.92. The van der Waals surface area contributed by atoms with Crippen molar-refractivity contribution in [3.63, 3.8) is 0 Å². The van der Waals surface area contributed by atoms with E-state index in [1.54, 1.807) is 0 Å². The van der Waals surface area contributed by atoms with E-state index in [2.05, 4.69) is 16.3 Å². The molecule has 3 N–H and O–H groups in total. The lowest BCUT2D eigenvalue weighted by Gasteiger charge is -2.35. The Kier molecular flexibility index (Phi) is 6.67. The minimum Gasteiger partial charge on any atom is -0.379 e. The Bertz CT molecular complexity index is 580. The summed E-state index contributed by atoms with van der Waals surface area (Å²) >= 11 is 6.16. The number of nitrogens with zero attached hydrogens (tertiary/aromatic N) is 1. The number of ether oxygens (including phenoxy) is 2. The van der Waals surface area contributed by atoms with Crippen LogP contribution in [0.15, 0.2) is 24.3 Å². The summed E-state index contributed by atoms with van der Waals surface area (Å²) in [5, 5.41) is 3.76. The van der Waals surface area contributed by atoms with Gasteiger partial charge in [0, 0.05) is 31.2 Å². The molecule has 7 heteroatoms. The number of hydrogen-bond acceptors (Lipinski definition) is 5. The maximum atomic E-state index is 12.4. The van der Waals surface area contributed by atoms with E-state index >= 15 is 0 Å². The van der Waals surface area contributed by atoms with Crippen molar-refractivity contribution in [1.29, 1.82) is 0 Å². The molecule has 0 bridgehead atoms. The van der Waals surface area contributed by atoms with E-state index in [0.717, 1.165) is 31.5 Å². The van der Waals surface area contributed by atoms with Crippen LogP contribution < -0.4 is 11.1 Å². The fourth-order valence-corrected chi connectivity index (χ4v) is 3.64. The SMILES string of the molecule is NC[C@H]1CC[C@@H](C(=O)NCC(c2cccc(Cl)c2)N2CCOCC2)O1. The molecule has 138 valence electrons. The third-order valence-electron chi connectivity index (χ3n) is 4.85. The summed E-state index contributed by atoms with van der Waals surface area (Å²) < 4.78 is 11.1. The van der Waals surface area contributed by atoms with E-state index in [-0.39, 0.29) is 18.1 Å². The molecule has 0 saturated carbocycles. The molecule has 3 rings (SSSR count). The lowest BCUT2D eigenvalue weighted by Crippen LogP contribution is -2.45. The second-order valence-electron chi connectivity index (χ2n) is 6.52. The Morgan fingerprint density at radius 2 is 2.16 bits per heavy atom. The van der Waals surface area contributed by atoms with Crippen molar-refractivity contribution >= 4 is 17.5 Å². The molecule has 0 aromatic heterocycles. The van der Waals surface area contributed by atoms with Crippen LogP contribution in [0.3, 0.4) is 0 Å². The second kappa shape index (κ2) is 8.96. The number of carbonyl (C=O) groups is 1. The zero-order valence-corrected chi connectivity index (χ0v) is 15.1. The molecule has 3 atom stereocenters. The zero-order valence-electron chi connectivity index (χ0n) is 14.3. The predicted octanol–water partition coefficient (Wildman–Crippen LogP) is 1.34. The van der Waals surface area contributed by atoms with Crippen molar-refractivity contribution in [3.8, 4) is 0 Å². The average Bonchev–Trinajstić information content (AvgIpc) is 3.12. The van der Waals surface area contributed by atoms with E-state index in [0.29, 0.717) is 31.3 Å². The number of amides is 1. The van der Waals surface area contributed by atoms with Gasteiger partial charge in [0.15, 0.2) is 0 Å². The van der Waals surface area contributed by atoms with E-state index < -0.39 is 6.10 Å². The lowest BCUT2D eigenvalue weighted by atomic mass is 10.0. The summed E-state index contributed by atoms with van der Waals surface area (Å²) in [5.41, 5.74) is 6.72. The quantitative estimate of drug-likeness (QED) is 0.793. The summed E-state index contributed by atoms with van der Waals surface area (Å²) in [5.74, 6) is -0.0590. The molecule has 2 aliphatic rings. The topological polar surface area (TPSA) is 76.8 Å². The molecule has 0 spiro atoms. The number of morpholine rings is 1. The molecular formula is C18H26ClN3O3. The average molecular weight is 368 g/mol. The first-order valence-electron chi connectivity index (χ1n) is 8.88. The molecule has 2 saturated heterocycles. The molecule has 1 aromatic rings. The van der Waals surface area contributed by atoms with Crippen LogP contribution in [0, 0.1) is 0 Å². The van der Waals surface area contributed by atoms with Gasteiger partial charge >= 0.3 is 0 Å². The van der Waals surface area contributed by atoms with Crippen LogP contribution in [0.4, 0.5) is 0 Å². The molecule has 6 nitrogen and oxygen atoms in total. The first kappa shape index (κ1) is 18.6. The molecule has 0 radical (unpaired) electrons. The lowest BCUT2D eigenvalue weighted by molar-refractivity contribution is -0.132. The maximum absolute atomic E-state index is 12.4. The minimum atomic E-state index is -0.391. The molecule has 1 aromatic carbocycles. The highest BCUT2D eigenvalue weighted by atomic mass is 35.5. The Morgan fingerprint density at radius 1 is 1.36 bits per heavy atom. The van der Waals surface area contributed by atoms with Gasteiger partial charge in [-0.3, -0.25) is 9.69 Å². The van der Waals surface area contributed by atoms with Gasteiger partial charge < -0.3 is 20.5 Å². The first-order valence-corrected chi connectivity index (χ1v) is 9.25. The van der Waals surface area contributed by atoms with E-state index in [9.17, 15) is 4.79 Å².